The van der Waals surface area contributed by atoms with Crippen LogP contribution >= 0.6 is 0 Å². The molecule has 0 atom stereocenters. The zero-order chi connectivity index (χ0) is 11.3. The smallest absolute Gasteiger partial charge is 0.248 e. The lowest BCUT2D eigenvalue weighted by molar-refractivity contribution is -0.115. The first kappa shape index (κ1) is 11.0. The number of primary amides is 1. The van der Waals surface area contributed by atoms with Crippen LogP contribution in [0.1, 0.15) is 5.56 Å². The van der Waals surface area contributed by atoms with E-state index in [0.717, 1.165) is 23.4 Å². The lowest BCUT2D eigenvalue weighted by Crippen LogP contribution is -2.12. The number of para-hydroxylation sites is 1. The molecular weight excluding hydrogens is 192 g/mol. The Morgan fingerprint density at radius 2 is 1.93 bits per heavy atom. The summed E-state index contributed by atoms with van der Waals surface area (Å²) in [5.74, 6) is -1.02. The van der Waals surface area contributed by atoms with Crippen molar-refractivity contribution in [2.45, 2.75) is 6.92 Å². The molecule has 0 saturated carbocycles. The van der Waals surface area contributed by atoms with Crippen LogP contribution in [0.4, 0.5) is 5.69 Å². The van der Waals surface area contributed by atoms with E-state index < -0.39 is 5.91 Å². The van der Waals surface area contributed by atoms with Crippen molar-refractivity contribution < 1.29 is 9.59 Å². The third-order valence-corrected chi connectivity index (χ3v) is 1.80. The van der Waals surface area contributed by atoms with E-state index in [-0.39, 0.29) is 5.91 Å². The molecular formula is C11H12N2O2. The van der Waals surface area contributed by atoms with Crippen LogP contribution in [0.25, 0.3) is 0 Å². The van der Waals surface area contributed by atoms with Gasteiger partial charge in [0.15, 0.2) is 0 Å². The quantitative estimate of drug-likeness (QED) is 0.720. The molecule has 0 radical (unpaired) electrons. The molecule has 0 aliphatic rings. The summed E-state index contributed by atoms with van der Waals surface area (Å²) in [5.41, 5.74) is 6.53. The summed E-state index contributed by atoms with van der Waals surface area (Å²) >= 11 is 0. The molecule has 3 N–H and O–H groups in total. The molecule has 2 amide bonds. The summed E-state index contributed by atoms with van der Waals surface area (Å²) in [7, 11) is 0. The van der Waals surface area contributed by atoms with Crippen LogP contribution in [0.15, 0.2) is 36.4 Å². The van der Waals surface area contributed by atoms with Gasteiger partial charge in [0.1, 0.15) is 0 Å². The second-order valence-electron chi connectivity index (χ2n) is 3.04. The van der Waals surface area contributed by atoms with Gasteiger partial charge in [0.05, 0.1) is 0 Å². The van der Waals surface area contributed by atoms with Crippen molar-refractivity contribution >= 4 is 17.5 Å². The molecule has 0 saturated heterocycles. The van der Waals surface area contributed by atoms with Crippen LogP contribution in [-0.4, -0.2) is 11.8 Å². The Labute approximate surface area is 87.8 Å². The minimum absolute atomic E-state index is 0.372. The standard InChI is InChI=1S/C11H12N2O2/c1-8-4-2-3-5-9(8)13-11(15)7-6-10(12)14/h2-7H,1H3,(H2,12,14)(H,13,15). The number of hydrogen-bond donors (Lipinski definition) is 2. The second-order valence-corrected chi connectivity index (χ2v) is 3.04. The van der Waals surface area contributed by atoms with Gasteiger partial charge in [-0.15, -0.1) is 0 Å². The topological polar surface area (TPSA) is 72.2 Å². The molecule has 1 aromatic carbocycles. The summed E-state index contributed by atoms with van der Waals surface area (Å²) in [6.07, 6.45) is 2.13. The predicted molar refractivity (Wildman–Crippen MR) is 58.1 cm³/mol. The van der Waals surface area contributed by atoms with E-state index in [9.17, 15) is 9.59 Å². The van der Waals surface area contributed by atoms with E-state index in [0.29, 0.717) is 0 Å². The molecule has 0 fully saturated rings. The van der Waals surface area contributed by atoms with Crippen molar-refractivity contribution in [2.24, 2.45) is 5.73 Å². The molecule has 4 nitrogen and oxygen atoms in total. The van der Waals surface area contributed by atoms with Crippen molar-refractivity contribution in [1.82, 2.24) is 0 Å². The predicted octanol–water partition coefficient (Wildman–Crippen LogP) is 0.975. The van der Waals surface area contributed by atoms with Gasteiger partial charge in [0.25, 0.3) is 0 Å². The molecule has 15 heavy (non-hydrogen) atoms. The highest BCUT2D eigenvalue weighted by atomic mass is 16.2. The van der Waals surface area contributed by atoms with E-state index in [2.05, 4.69) is 5.32 Å². The second kappa shape index (κ2) is 4.95. The number of rotatable bonds is 3. The van der Waals surface area contributed by atoms with Gasteiger partial charge in [-0.25, -0.2) is 0 Å². The minimum Gasteiger partial charge on any atom is -0.366 e. The number of anilines is 1. The number of hydrogen-bond acceptors (Lipinski definition) is 2. The molecule has 0 aliphatic carbocycles. The monoisotopic (exact) mass is 204 g/mol. The molecule has 1 rings (SSSR count). The van der Waals surface area contributed by atoms with Crippen molar-refractivity contribution in [1.29, 1.82) is 0 Å². The first-order valence-electron chi connectivity index (χ1n) is 4.43. The number of benzene rings is 1. The third kappa shape index (κ3) is 3.64. The van der Waals surface area contributed by atoms with Gasteiger partial charge in [-0.05, 0) is 18.6 Å². The number of aryl methyl sites for hydroxylation is 1. The fourth-order valence-corrected chi connectivity index (χ4v) is 1.05. The highest BCUT2D eigenvalue weighted by molar-refractivity contribution is 6.03. The fraction of sp³-hybridized carbons (Fsp3) is 0.0909. The number of carbonyl (C=O) groups excluding carboxylic acids is 2. The number of nitrogens with one attached hydrogen (secondary N) is 1. The lowest BCUT2D eigenvalue weighted by atomic mass is 10.2. The van der Waals surface area contributed by atoms with E-state index in [1.54, 1.807) is 6.07 Å². The van der Waals surface area contributed by atoms with Crippen LogP contribution in [0.3, 0.4) is 0 Å². The molecule has 0 bridgehead atoms. The average Bonchev–Trinajstić information content (AvgIpc) is 2.18. The summed E-state index contributed by atoms with van der Waals surface area (Å²) in [4.78, 5) is 21.6. The van der Waals surface area contributed by atoms with Crippen LogP contribution in [0, 0.1) is 6.92 Å². The van der Waals surface area contributed by atoms with Gasteiger partial charge in [0, 0.05) is 17.8 Å². The average molecular weight is 204 g/mol. The molecule has 0 heterocycles. The maximum absolute atomic E-state index is 11.3. The Morgan fingerprint density at radius 3 is 2.53 bits per heavy atom. The lowest BCUT2D eigenvalue weighted by Gasteiger charge is -2.04. The SMILES string of the molecule is Cc1ccccc1NC(=O)C=CC(N)=O. The summed E-state index contributed by atoms with van der Waals surface area (Å²) in [5, 5.41) is 2.63. The van der Waals surface area contributed by atoms with Gasteiger partial charge >= 0.3 is 0 Å². The maximum atomic E-state index is 11.3. The summed E-state index contributed by atoms with van der Waals surface area (Å²) in [6.45, 7) is 1.88. The Bertz CT molecular complexity index is 411. The number of carbonyl (C=O) groups is 2. The molecule has 0 spiro atoms. The number of amides is 2. The molecule has 4 heteroatoms. The first-order chi connectivity index (χ1) is 7.09. The van der Waals surface area contributed by atoms with Gasteiger partial charge < -0.3 is 11.1 Å². The third-order valence-electron chi connectivity index (χ3n) is 1.80. The highest BCUT2D eigenvalue weighted by Crippen LogP contribution is 2.12. The van der Waals surface area contributed by atoms with Crippen molar-refractivity contribution in [2.75, 3.05) is 5.32 Å². The summed E-state index contributed by atoms with van der Waals surface area (Å²) in [6, 6.07) is 7.36. The van der Waals surface area contributed by atoms with E-state index >= 15 is 0 Å². The van der Waals surface area contributed by atoms with E-state index in [1.165, 1.54) is 0 Å². The Balaban J connectivity index is 2.67. The number of nitrogens with two attached hydrogens (primary N) is 1. The molecule has 1 aromatic rings. The van der Waals surface area contributed by atoms with Crippen molar-refractivity contribution in [3.63, 3.8) is 0 Å². The van der Waals surface area contributed by atoms with Crippen LogP contribution in [-0.2, 0) is 9.59 Å². The zero-order valence-electron chi connectivity index (χ0n) is 8.36. The van der Waals surface area contributed by atoms with Gasteiger partial charge in [0.2, 0.25) is 11.8 Å². The van der Waals surface area contributed by atoms with E-state index in [4.69, 9.17) is 5.73 Å². The maximum Gasteiger partial charge on any atom is 0.248 e. The van der Waals surface area contributed by atoms with Crippen molar-refractivity contribution in [3.05, 3.63) is 42.0 Å². The van der Waals surface area contributed by atoms with Crippen molar-refractivity contribution in [3.8, 4) is 0 Å². The van der Waals surface area contributed by atoms with E-state index in [1.807, 2.05) is 25.1 Å². The Kier molecular flexibility index (Phi) is 3.62. The van der Waals surface area contributed by atoms with Gasteiger partial charge in [-0.2, -0.15) is 0 Å². The first-order valence-corrected chi connectivity index (χ1v) is 4.43. The van der Waals surface area contributed by atoms with Crippen LogP contribution < -0.4 is 11.1 Å². The van der Waals surface area contributed by atoms with Crippen LogP contribution in [0.2, 0.25) is 0 Å². The molecule has 78 valence electrons. The normalized spacial score (nSPS) is 10.2. The summed E-state index contributed by atoms with van der Waals surface area (Å²) < 4.78 is 0. The minimum atomic E-state index is -0.644. The largest absolute Gasteiger partial charge is 0.366 e. The van der Waals surface area contributed by atoms with Crippen LogP contribution in [0.5, 0.6) is 0 Å². The van der Waals surface area contributed by atoms with Gasteiger partial charge in [-0.1, -0.05) is 18.2 Å². The highest BCUT2D eigenvalue weighted by Gasteiger charge is 2.00. The fourth-order valence-electron chi connectivity index (χ4n) is 1.05. The Hall–Kier alpha value is -2.10. The molecule has 0 aromatic heterocycles. The van der Waals surface area contributed by atoms with Gasteiger partial charge in [-0.3, -0.25) is 9.59 Å². The molecule has 0 aliphatic heterocycles. The molecule has 0 unspecified atom stereocenters. The zero-order valence-corrected chi connectivity index (χ0v) is 8.36. The Morgan fingerprint density at radius 1 is 1.27 bits per heavy atom.